The second kappa shape index (κ2) is 10.5. The van der Waals surface area contributed by atoms with E-state index in [1.807, 2.05) is 51.1 Å². The Labute approximate surface area is 200 Å². The molecule has 0 spiro atoms. The van der Waals surface area contributed by atoms with Crippen molar-refractivity contribution in [3.05, 3.63) is 52.1 Å². The molecule has 1 fully saturated rings. The summed E-state index contributed by atoms with van der Waals surface area (Å²) in [6, 6.07) is 9.06. The second-order valence-electron chi connectivity index (χ2n) is 9.11. The molecule has 9 heteroatoms. The van der Waals surface area contributed by atoms with Gasteiger partial charge in [0.1, 0.15) is 11.6 Å². The van der Waals surface area contributed by atoms with Crippen LogP contribution >= 0.6 is 0 Å². The largest absolute Gasteiger partial charge is 0.354 e. The summed E-state index contributed by atoms with van der Waals surface area (Å²) >= 11 is 0. The summed E-state index contributed by atoms with van der Waals surface area (Å²) in [6.07, 6.45) is 1.36. The van der Waals surface area contributed by atoms with E-state index in [1.54, 1.807) is 4.68 Å². The summed E-state index contributed by atoms with van der Waals surface area (Å²) in [4.78, 5) is 31.3. The van der Waals surface area contributed by atoms with Gasteiger partial charge in [0, 0.05) is 32.7 Å². The van der Waals surface area contributed by atoms with Gasteiger partial charge >= 0.3 is 0 Å². The van der Waals surface area contributed by atoms with Gasteiger partial charge < -0.3 is 15.1 Å². The van der Waals surface area contributed by atoms with E-state index in [0.717, 1.165) is 50.5 Å². The van der Waals surface area contributed by atoms with Gasteiger partial charge in [0.05, 0.1) is 22.5 Å². The molecule has 4 rings (SSSR count). The molecule has 0 bridgehead atoms. The van der Waals surface area contributed by atoms with Crippen LogP contribution in [0, 0.1) is 13.8 Å². The van der Waals surface area contributed by atoms with Gasteiger partial charge in [0.25, 0.3) is 5.56 Å². The number of nitrogens with zero attached hydrogens (tertiary/aromatic N) is 6. The maximum atomic E-state index is 13.5. The molecule has 0 unspecified atom stereocenters. The number of fused-ring (bicyclic) bond motifs is 1. The molecule has 34 heavy (non-hydrogen) atoms. The minimum Gasteiger partial charge on any atom is -0.354 e. The van der Waals surface area contributed by atoms with Gasteiger partial charge in [-0.15, -0.1) is 0 Å². The highest BCUT2D eigenvalue weighted by Crippen LogP contribution is 2.21. The number of nitrogens with one attached hydrogen (secondary N) is 1. The van der Waals surface area contributed by atoms with Crippen LogP contribution in [-0.2, 0) is 4.79 Å². The number of rotatable bonds is 8. The lowest BCUT2D eigenvalue weighted by Crippen LogP contribution is -2.45. The first-order chi connectivity index (χ1) is 16.4. The molecule has 1 aliphatic heterocycles. The van der Waals surface area contributed by atoms with Gasteiger partial charge in [-0.3, -0.25) is 9.59 Å². The van der Waals surface area contributed by atoms with E-state index in [0.29, 0.717) is 29.6 Å². The van der Waals surface area contributed by atoms with Crippen molar-refractivity contribution in [3.63, 3.8) is 0 Å². The van der Waals surface area contributed by atoms with Gasteiger partial charge in [-0.2, -0.15) is 10.2 Å². The predicted molar refractivity (Wildman–Crippen MR) is 133 cm³/mol. The van der Waals surface area contributed by atoms with E-state index in [1.165, 1.54) is 4.68 Å². The monoisotopic (exact) mass is 465 g/mol. The molecule has 1 amide bonds. The van der Waals surface area contributed by atoms with Crippen molar-refractivity contribution in [2.45, 2.75) is 39.7 Å². The molecule has 0 radical (unpaired) electrons. The van der Waals surface area contributed by atoms with E-state index in [9.17, 15) is 9.59 Å². The molecule has 2 aromatic heterocycles. The summed E-state index contributed by atoms with van der Waals surface area (Å²) in [5.41, 5.74) is 2.55. The number of hydrogen-bond donors (Lipinski definition) is 1. The first kappa shape index (κ1) is 24.1. The Hall–Kier alpha value is -3.04. The van der Waals surface area contributed by atoms with Crippen molar-refractivity contribution < 1.29 is 4.79 Å². The van der Waals surface area contributed by atoms with E-state index in [2.05, 4.69) is 32.4 Å². The molecule has 3 heterocycles. The Bertz CT molecular complexity index is 1190. The number of piperazine rings is 1. The third kappa shape index (κ3) is 4.90. The number of aromatic nitrogens is 4. The average Bonchev–Trinajstić information content (AvgIpc) is 3.20. The molecule has 0 saturated carbocycles. The average molecular weight is 466 g/mol. The number of hydrogen-bond acceptors (Lipinski definition) is 6. The maximum Gasteiger partial charge on any atom is 0.278 e. The molecule has 9 nitrogen and oxygen atoms in total. The Morgan fingerprint density at radius 3 is 2.47 bits per heavy atom. The van der Waals surface area contributed by atoms with Gasteiger partial charge in [-0.05, 0) is 52.4 Å². The van der Waals surface area contributed by atoms with Gasteiger partial charge in [-0.1, -0.05) is 25.1 Å². The molecule has 1 aromatic carbocycles. The molecular formula is C25H35N7O2. The second-order valence-corrected chi connectivity index (χ2v) is 9.11. The summed E-state index contributed by atoms with van der Waals surface area (Å²) in [5, 5.41) is 12.7. The highest BCUT2D eigenvalue weighted by atomic mass is 16.2. The van der Waals surface area contributed by atoms with Crippen LogP contribution in [0.15, 0.2) is 35.1 Å². The Balaban J connectivity index is 1.50. The van der Waals surface area contributed by atoms with Crippen molar-refractivity contribution in [3.8, 4) is 5.69 Å². The Kier molecular flexibility index (Phi) is 7.43. The predicted octanol–water partition coefficient (Wildman–Crippen LogP) is 1.90. The molecule has 3 aromatic rings. The lowest BCUT2D eigenvalue weighted by Gasteiger charge is -2.32. The first-order valence-corrected chi connectivity index (χ1v) is 12.1. The fourth-order valence-corrected chi connectivity index (χ4v) is 4.59. The summed E-state index contributed by atoms with van der Waals surface area (Å²) < 4.78 is 3.11. The molecule has 1 atom stereocenters. The minimum atomic E-state index is -0.654. The molecule has 1 N–H and O–H groups in total. The Morgan fingerprint density at radius 2 is 1.79 bits per heavy atom. The van der Waals surface area contributed by atoms with Crippen LogP contribution in [0.5, 0.6) is 0 Å². The third-order valence-electron chi connectivity index (χ3n) is 6.67. The van der Waals surface area contributed by atoms with E-state index in [-0.39, 0.29) is 11.5 Å². The van der Waals surface area contributed by atoms with Crippen LogP contribution in [-0.4, -0.2) is 81.6 Å². The lowest BCUT2D eigenvalue weighted by molar-refractivity contribution is -0.124. The van der Waals surface area contributed by atoms with Gasteiger partial charge in [0.15, 0.2) is 0 Å². The van der Waals surface area contributed by atoms with Crippen molar-refractivity contribution in [2.75, 3.05) is 46.3 Å². The highest BCUT2D eigenvalue weighted by molar-refractivity contribution is 5.84. The quantitative estimate of drug-likeness (QED) is 0.512. The van der Waals surface area contributed by atoms with Crippen LogP contribution in [0.1, 0.15) is 37.2 Å². The number of amides is 1. The van der Waals surface area contributed by atoms with Crippen molar-refractivity contribution in [2.24, 2.45) is 0 Å². The topological polar surface area (TPSA) is 88.3 Å². The number of aryl methyl sites for hydroxylation is 2. The van der Waals surface area contributed by atoms with Crippen LogP contribution in [0.3, 0.4) is 0 Å². The molecule has 182 valence electrons. The van der Waals surface area contributed by atoms with Crippen molar-refractivity contribution >= 4 is 16.8 Å². The third-order valence-corrected chi connectivity index (χ3v) is 6.67. The SMILES string of the molecule is CC[C@H](C(=O)NCCCN1CCN(C)CC1)n1nc(C)c2nn(-c3ccccc3)c(C)c2c1=O. The van der Waals surface area contributed by atoms with E-state index < -0.39 is 6.04 Å². The normalized spacial score (nSPS) is 16.1. The maximum absolute atomic E-state index is 13.5. The zero-order valence-corrected chi connectivity index (χ0v) is 20.6. The van der Waals surface area contributed by atoms with E-state index in [4.69, 9.17) is 0 Å². The van der Waals surface area contributed by atoms with Crippen LogP contribution in [0.2, 0.25) is 0 Å². The summed E-state index contributed by atoms with van der Waals surface area (Å²) in [7, 11) is 2.14. The molecule has 1 aliphatic rings. The smallest absolute Gasteiger partial charge is 0.278 e. The first-order valence-electron chi connectivity index (χ1n) is 12.1. The molecular weight excluding hydrogens is 430 g/mol. The van der Waals surface area contributed by atoms with E-state index >= 15 is 0 Å². The van der Waals surface area contributed by atoms with Crippen LogP contribution in [0.4, 0.5) is 0 Å². The summed E-state index contributed by atoms with van der Waals surface area (Å²) in [6.45, 7) is 11.5. The summed E-state index contributed by atoms with van der Waals surface area (Å²) in [5.74, 6) is -0.165. The number of likely N-dealkylation sites (N-methyl/N-ethyl adjacent to an activating group) is 1. The number of para-hydroxylation sites is 1. The Morgan fingerprint density at radius 1 is 1.09 bits per heavy atom. The molecule has 1 saturated heterocycles. The standard InChI is InChI=1S/C25H35N7O2/c1-5-21(24(33)26-12-9-13-30-16-14-29(4)15-17-30)32-25(34)22-19(3)31(20-10-7-6-8-11-20)28-23(22)18(2)27-32/h6-8,10-11,21H,5,9,12-17H2,1-4H3,(H,26,33)/t21-/m1/s1. The van der Waals surface area contributed by atoms with Crippen molar-refractivity contribution in [1.82, 2.24) is 34.7 Å². The van der Waals surface area contributed by atoms with Crippen LogP contribution < -0.4 is 10.9 Å². The lowest BCUT2D eigenvalue weighted by atomic mass is 10.2. The van der Waals surface area contributed by atoms with Crippen molar-refractivity contribution in [1.29, 1.82) is 0 Å². The van der Waals surface area contributed by atoms with Gasteiger partial charge in [0.2, 0.25) is 5.91 Å². The minimum absolute atomic E-state index is 0.165. The number of carbonyl (C=O) groups is 1. The number of carbonyl (C=O) groups excluding carboxylic acids is 1. The van der Waals surface area contributed by atoms with Crippen LogP contribution in [0.25, 0.3) is 16.6 Å². The number of benzene rings is 1. The fraction of sp³-hybridized carbons (Fsp3) is 0.520. The molecule has 0 aliphatic carbocycles. The zero-order valence-electron chi connectivity index (χ0n) is 20.6. The zero-order chi connectivity index (χ0) is 24.2. The fourth-order valence-electron chi connectivity index (χ4n) is 4.59. The van der Waals surface area contributed by atoms with Gasteiger partial charge in [-0.25, -0.2) is 9.36 Å². The highest BCUT2D eigenvalue weighted by Gasteiger charge is 2.25.